The molecule has 2 amide bonds. The first-order chi connectivity index (χ1) is 18.2. The lowest BCUT2D eigenvalue weighted by Crippen LogP contribution is -2.51. The second kappa shape index (κ2) is 9.85. The van der Waals surface area contributed by atoms with E-state index in [2.05, 4.69) is 5.32 Å². The van der Waals surface area contributed by atoms with E-state index in [9.17, 15) is 9.59 Å². The fourth-order valence-corrected chi connectivity index (χ4v) is 4.75. The van der Waals surface area contributed by atoms with E-state index < -0.39 is 0 Å². The number of ether oxygens (including phenoxy) is 2. The number of hydrogen-bond donors (Lipinski definition) is 1. The number of carbonyl (C=O) groups excluding carboxylic acids is 1. The first kappa shape index (κ1) is 22.9. The Morgan fingerprint density at radius 1 is 0.865 bits per heavy atom. The molecule has 0 aliphatic carbocycles. The number of piperazine rings is 1. The molecule has 1 N–H and O–H groups in total. The van der Waals surface area contributed by atoms with Crippen LogP contribution in [0.3, 0.4) is 0 Å². The first-order valence-electron chi connectivity index (χ1n) is 12.4. The summed E-state index contributed by atoms with van der Waals surface area (Å²) in [6, 6.07) is 22.8. The summed E-state index contributed by atoms with van der Waals surface area (Å²) in [6.45, 7) is 3.45. The van der Waals surface area contributed by atoms with Crippen LogP contribution < -0.4 is 25.2 Å². The molecule has 0 spiro atoms. The molecule has 0 bridgehead atoms. The zero-order valence-corrected chi connectivity index (χ0v) is 20.3. The molecule has 3 heterocycles. The first-order valence-corrected chi connectivity index (χ1v) is 12.4. The van der Waals surface area contributed by atoms with Crippen molar-refractivity contribution in [1.82, 2.24) is 14.5 Å². The Morgan fingerprint density at radius 2 is 1.59 bits per heavy atom. The van der Waals surface area contributed by atoms with Crippen LogP contribution >= 0.6 is 0 Å². The normalized spacial score (nSPS) is 15.0. The van der Waals surface area contributed by atoms with Crippen LogP contribution in [0.2, 0.25) is 0 Å². The highest BCUT2D eigenvalue weighted by molar-refractivity contribution is 5.90. The van der Waals surface area contributed by atoms with Crippen molar-refractivity contribution >= 4 is 28.6 Å². The van der Waals surface area contributed by atoms with Crippen LogP contribution in [0, 0.1) is 0 Å². The van der Waals surface area contributed by atoms with Crippen LogP contribution in [-0.2, 0) is 6.54 Å². The average Bonchev–Trinajstić information content (AvgIpc) is 2.95. The van der Waals surface area contributed by atoms with Gasteiger partial charge < -0.3 is 24.6 Å². The van der Waals surface area contributed by atoms with Gasteiger partial charge in [0.1, 0.15) is 13.2 Å². The highest BCUT2D eigenvalue weighted by atomic mass is 16.6. The molecule has 1 aromatic heterocycles. The quantitative estimate of drug-likeness (QED) is 0.464. The van der Waals surface area contributed by atoms with Gasteiger partial charge in [-0.3, -0.25) is 9.36 Å². The van der Waals surface area contributed by atoms with E-state index >= 15 is 0 Å². The Labute approximate surface area is 213 Å². The molecule has 0 atom stereocenters. The van der Waals surface area contributed by atoms with E-state index in [0.717, 1.165) is 16.6 Å². The molecule has 6 rings (SSSR count). The van der Waals surface area contributed by atoms with E-state index in [-0.39, 0.29) is 11.6 Å². The molecule has 4 aromatic rings. The summed E-state index contributed by atoms with van der Waals surface area (Å²) in [5.74, 6) is 1.73. The lowest BCUT2D eigenvalue weighted by Gasteiger charge is -2.35. The molecule has 1 saturated heterocycles. The summed E-state index contributed by atoms with van der Waals surface area (Å²) in [5, 5.41) is 2.94. The van der Waals surface area contributed by atoms with E-state index in [1.807, 2.05) is 59.5 Å². The van der Waals surface area contributed by atoms with Gasteiger partial charge in [-0.05, 0) is 29.8 Å². The molecular weight excluding hydrogens is 470 g/mol. The molecule has 1 fully saturated rings. The maximum atomic E-state index is 13.6. The van der Waals surface area contributed by atoms with E-state index in [1.54, 1.807) is 27.7 Å². The molecule has 9 heteroatoms. The van der Waals surface area contributed by atoms with Crippen LogP contribution in [0.4, 0.5) is 16.3 Å². The van der Waals surface area contributed by atoms with Gasteiger partial charge in [0.05, 0.1) is 17.6 Å². The second-order valence-electron chi connectivity index (χ2n) is 9.06. The van der Waals surface area contributed by atoms with Gasteiger partial charge in [-0.25, -0.2) is 9.78 Å². The Morgan fingerprint density at radius 3 is 2.41 bits per heavy atom. The number of fused-ring (bicyclic) bond motifs is 2. The van der Waals surface area contributed by atoms with Gasteiger partial charge in [-0.1, -0.05) is 42.5 Å². The summed E-state index contributed by atoms with van der Waals surface area (Å²) in [7, 11) is 0. The maximum Gasteiger partial charge on any atom is 0.321 e. The summed E-state index contributed by atoms with van der Waals surface area (Å²) in [5.41, 5.74) is 3.14. The standard InChI is InChI=1S/C28H27N5O4/c34-27-26(30-22-8-4-5-9-23(22)33(27)19-20-6-2-1-3-7-20)31-12-14-32(15-13-31)28(35)29-21-10-11-24-25(18-21)37-17-16-36-24/h1-11,18H,12-17,19H2,(H,29,35). The van der Waals surface area contributed by atoms with Crippen molar-refractivity contribution in [3.63, 3.8) is 0 Å². The molecule has 2 aliphatic rings. The molecular formula is C28H27N5O4. The summed E-state index contributed by atoms with van der Waals surface area (Å²) in [4.78, 5) is 35.0. The highest BCUT2D eigenvalue weighted by Gasteiger charge is 2.25. The van der Waals surface area contributed by atoms with Crippen LogP contribution in [0.15, 0.2) is 77.6 Å². The third kappa shape index (κ3) is 4.67. The summed E-state index contributed by atoms with van der Waals surface area (Å²) in [6.07, 6.45) is 0. The Bertz CT molecular complexity index is 1500. The predicted molar refractivity (Wildman–Crippen MR) is 142 cm³/mol. The Kier molecular flexibility index (Phi) is 6.10. The Hall–Kier alpha value is -4.53. The zero-order chi connectivity index (χ0) is 25.2. The second-order valence-corrected chi connectivity index (χ2v) is 9.06. The summed E-state index contributed by atoms with van der Waals surface area (Å²) >= 11 is 0. The van der Waals surface area contributed by atoms with Crippen LogP contribution in [-0.4, -0.2) is 59.9 Å². The average molecular weight is 498 g/mol. The fourth-order valence-electron chi connectivity index (χ4n) is 4.75. The number of benzene rings is 3. The molecule has 0 saturated carbocycles. The van der Waals surface area contributed by atoms with Crippen molar-refractivity contribution in [1.29, 1.82) is 0 Å². The number of rotatable bonds is 4. The minimum Gasteiger partial charge on any atom is -0.486 e. The third-order valence-electron chi connectivity index (χ3n) is 6.68. The third-order valence-corrected chi connectivity index (χ3v) is 6.68. The lowest BCUT2D eigenvalue weighted by atomic mass is 10.2. The predicted octanol–water partition coefficient (Wildman–Crippen LogP) is 3.57. The number of urea groups is 1. The number of nitrogens with one attached hydrogen (secondary N) is 1. The minimum atomic E-state index is -0.190. The van der Waals surface area contributed by atoms with Gasteiger partial charge in [0.15, 0.2) is 17.3 Å². The van der Waals surface area contributed by atoms with Crippen LogP contribution in [0.1, 0.15) is 5.56 Å². The molecule has 3 aromatic carbocycles. The van der Waals surface area contributed by atoms with Gasteiger partial charge in [0, 0.05) is 37.9 Å². The monoisotopic (exact) mass is 497 g/mol. The Balaban J connectivity index is 1.18. The number of para-hydroxylation sites is 2. The minimum absolute atomic E-state index is 0.128. The maximum absolute atomic E-state index is 13.6. The molecule has 37 heavy (non-hydrogen) atoms. The van der Waals surface area contributed by atoms with Gasteiger partial charge in [-0.15, -0.1) is 0 Å². The number of carbonyl (C=O) groups is 1. The molecule has 0 unspecified atom stereocenters. The van der Waals surface area contributed by atoms with Gasteiger partial charge in [0.2, 0.25) is 0 Å². The van der Waals surface area contributed by atoms with Gasteiger partial charge in [-0.2, -0.15) is 0 Å². The van der Waals surface area contributed by atoms with E-state index in [1.165, 1.54) is 0 Å². The largest absolute Gasteiger partial charge is 0.486 e. The number of aromatic nitrogens is 2. The number of hydrogen-bond acceptors (Lipinski definition) is 6. The lowest BCUT2D eigenvalue weighted by molar-refractivity contribution is 0.171. The van der Waals surface area contributed by atoms with Crippen molar-refractivity contribution in [3.05, 3.63) is 88.7 Å². The number of nitrogens with zero attached hydrogens (tertiary/aromatic N) is 4. The van der Waals surface area contributed by atoms with Crippen molar-refractivity contribution in [2.24, 2.45) is 0 Å². The smallest absolute Gasteiger partial charge is 0.321 e. The number of anilines is 2. The van der Waals surface area contributed by atoms with Crippen molar-refractivity contribution < 1.29 is 14.3 Å². The fraction of sp³-hybridized carbons (Fsp3) is 0.250. The van der Waals surface area contributed by atoms with Crippen LogP contribution in [0.5, 0.6) is 11.5 Å². The SMILES string of the molecule is O=C(Nc1ccc2c(c1)OCCO2)N1CCN(c2nc3ccccc3n(Cc3ccccc3)c2=O)CC1. The highest BCUT2D eigenvalue weighted by Crippen LogP contribution is 2.32. The van der Waals surface area contributed by atoms with Gasteiger partial charge >= 0.3 is 6.03 Å². The van der Waals surface area contributed by atoms with E-state index in [4.69, 9.17) is 14.5 Å². The number of amides is 2. The molecule has 188 valence electrons. The van der Waals surface area contributed by atoms with E-state index in [0.29, 0.717) is 68.9 Å². The molecule has 0 radical (unpaired) electrons. The molecule has 9 nitrogen and oxygen atoms in total. The zero-order valence-electron chi connectivity index (χ0n) is 20.3. The van der Waals surface area contributed by atoms with Crippen LogP contribution in [0.25, 0.3) is 11.0 Å². The topological polar surface area (TPSA) is 88.9 Å². The summed E-state index contributed by atoms with van der Waals surface area (Å²) < 4.78 is 12.9. The van der Waals surface area contributed by atoms with Crippen molar-refractivity contribution in [2.45, 2.75) is 6.54 Å². The van der Waals surface area contributed by atoms with Crippen molar-refractivity contribution in [2.75, 3.05) is 49.6 Å². The molecule has 2 aliphatic heterocycles. The van der Waals surface area contributed by atoms with Crippen molar-refractivity contribution in [3.8, 4) is 11.5 Å². The van der Waals surface area contributed by atoms with Gasteiger partial charge in [0.25, 0.3) is 5.56 Å².